The van der Waals surface area contributed by atoms with Crippen molar-refractivity contribution >= 4 is 5.91 Å². The van der Waals surface area contributed by atoms with Gasteiger partial charge in [-0.1, -0.05) is 30.3 Å². The van der Waals surface area contributed by atoms with Gasteiger partial charge in [0, 0.05) is 13.0 Å². The highest BCUT2D eigenvalue weighted by atomic mass is 19.4. The van der Waals surface area contributed by atoms with E-state index in [0.717, 1.165) is 5.56 Å². The molecule has 2 rings (SSSR count). The highest BCUT2D eigenvalue weighted by molar-refractivity contribution is 5.85. The number of carbonyl (C=O) groups excluding carboxylic acids is 1. The fraction of sp³-hybridized carbons (Fsp3) is 0.462. The lowest BCUT2D eigenvalue weighted by Gasteiger charge is -2.16. The maximum atomic E-state index is 12.0. The summed E-state index contributed by atoms with van der Waals surface area (Å²) in [5.74, 6) is -0.159. The van der Waals surface area contributed by atoms with Gasteiger partial charge in [0.05, 0.1) is 6.67 Å². The van der Waals surface area contributed by atoms with E-state index < -0.39 is 18.6 Å². The summed E-state index contributed by atoms with van der Waals surface area (Å²) in [6.07, 6.45) is -5.07. The second-order valence-electron chi connectivity index (χ2n) is 4.53. The fourth-order valence-corrected chi connectivity index (χ4v) is 2.11. The van der Waals surface area contributed by atoms with Crippen LogP contribution in [-0.4, -0.2) is 30.2 Å². The predicted molar refractivity (Wildman–Crippen MR) is 64.2 cm³/mol. The van der Waals surface area contributed by atoms with E-state index in [1.54, 1.807) is 0 Å². The zero-order valence-corrected chi connectivity index (χ0v) is 10.3. The molecule has 0 radical (unpaired) electrons. The first-order valence-electron chi connectivity index (χ1n) is 6.11. The Balaban J connectivity index is 1.88. The van der Waals surface area contributed by atoms with E-state index in [1.807, 2.05) is 30.3 Å². The average Bonchev–Trinajstić information content (AvgIpc) is 2.71. The highest BCUT2D eigenvalue weighted by Crippen LogP contribution is 2.24. The van der Waals surface area contributed by atoms with Gasteiger partial charge in [-0.3, -0.25) is 10.1 Å². The van der Waals surface area contributed by atoms with Gasteiger partial charge in [-0.05, 0) is 12.0 Å². The minimum absolute atomic E-state index is 0.0571. The van der Waals surface area contributed by atoms with E-state index in [9.17, 15) is 18.0 Å². The maximum absolute atomic E-state index is 12.0. The van der Waals surface area contributed by atoms with Crippen molar-refractivity contribution in [2.24, 2.45) is 0 Å². The summed E-state index contributed by atoms with van der Waals surface area (Å²) in [5.41, 5.74) is 0.839. The van der Waals surface area contributed by atoms with Gasteiger partial charge in [-0.25, -0.2) is 0 Å². The molecule has 0 spiro atoms. The molecule has 0 bridgehead atoms. The SMILES string of the molecule is O=C1C(c2ccccc2)NCN1CCCC(F)(F)F. The molecule has 104 valence electrons. The first-order valence-corrected chi connectivity index (χ1v) is 6.11. The molecule has 1 aliphatic rings. The third-order valence-electron chi connectivity index (χ3n) is 3.07. The Hall–Kier alpha value is -1.56. The summed E-state index contributed by atoms with van der Waals surface area (Å²) in [6, 6.07) is 8.73. The molecule has 1 amide bonds. The molecule has 1 aliphatic heterocycles. The largest absolute Gasteiger partial charge is 0.389 e. The van der Waals surface area contributed by atoms with Crippen LogP contribution in [0.2, 0.25) is 0 Å². The van der Waals surface area contributed by atoms with Crippen molar-refractivity contribution in [1.29, 1.82) is 0 Å². The van der Waals surface area contributed by atoms with Crippen LogP contribution in [0.15, 0.2) is 30.3 Å². The van der Waals surface area contributed by atoms with Crippen LogP contribution in [0.5, 0.6) is 0 Å². The number of alkyl halides is 3. The highest BCUT2D eigenvalue weighted by Gasteiger charge is 2.33. The minimum atomic E-state index is -4.16. The lowest BCUT2D eigenvalue weighted by Crippen LogP contribution is -2.28. The van der Waals surface area contributed by atoms with Gasteiger partial charge in [0.25, 0.3) is 0 Å². The lowest BCUT2D eigenvalue weighted by molar-refractivity contribution is -0.139. The normalized spacial score (nSPS) is 20.1. The summed E-state index contributed by atoms with van der Waals surface area (Å²) < 4.78 is 36.1. The van der Waals surface area contributed by atoms with Crippen LogP contribution in [0, 0.1) is 0 Å². The molecule has 1 atom stereocenters. The molecule has 0 saturated carbocycles. The number of rotatable bonds is 4. The summed E-state index contributed by atoms with van der Waals surface area (Å²) >= 11 is 0. The minimum Gasteiger partial charge on any atom is -0.328 e. The van der Waals surface area contributed by atoms with E-state index >= 15 is 0 Å². The Bertz CT molecular complexity index is 433. The second-order valence-corrected chi connectivity index (χ2v) is 4.53. The van der Waals surface area contributed by atoms with Crippen LogP contribution in [0.3, 0.4) is 0 Å². The number of hydrogen-bond donors (Lipinski definition) is 1. The van der Waals surface area contributed by atoms with Crippen molar-refractivity contribution in [1.82, 2.24) is 10.2 Å². The molecule has 1 aromatic rings. The zero-order chi connectivity index (χ0) is 13.9. The van der Waals surface area contributed by atoms with Gasteiger partial charge in [0.1, 0.15) is 6.04 Å². The molecule has 19 heavy (non-hydrogen) atoms. The Morgan fingerprint density at radius 3 is 2.58 bits per heavy atom. The molecule has 1 unspecified atom stereocenters. The summed E-state index contributed by atoms with van der Waals surface area (Å²) in [4.78, 5) is 13.5. The molecule has 1 aromatic carbocycles. The van der Waals surface area contributed by atoms with Crippen molar-refractivity contribution in [3.05, 3.63) is 35.9 Å². The number of carbonyl (C=O) groups is 1. The summed E-state index contributed by atoms with van der Waals surface area (Å²) in [6.45, 7) is 0.435. The average molecular weight is 272 g/mol. The van der Waals surface area contributed by atoms with E-state index in [4.69, 9.17) is 0 Å². The molecule has 1 fully saturated rings. The molecular formula is C13H15F3N2O. The number of amides is 1. The van der Waals surface area contributed by atoms with E-state index in [2.05, 4.69) is 5.32 Å². The van der Waals surface area contributed by atoms with Gasteiger partial charge in [-0.2, -0.15) is 13.2 Å². The van der Waals surface area contributed by atoms with Crippen LogP contribution in [0.1, 0.15) is 24.4 Å². The predicted octanol–water partition coefficient (Wildman–Crippen LogP) is 2.46. The number of nitrogens with zero attached hydrogens (tertiary/aromatic N) is 1. The van der Waals surface area contributed by atoms with Crippen LogP contribution >= 0.6 is 0 Å². The van der Waals surface area contributed by atoms with E-state index in [-0.39, 0.29) is 18.9 Å². The second kappa shape index (κ2) is 5.61. The number of benzene rings is 1. The number of halogens is 3. The molecule has 1 N–H and O–H groups in total. The van der Waals surface area contributed by atoms with Crippen molar-refractivity contribution in [2.45, 2.75) is 25.1 Å². The van der Waals surface area contributed by atoms with Crippen molar-refractivity contribution in [3.8, 4) is 0 Å². The Labute approximate surface area is 109 Å². The zero-order valence-electron chi connectivity index (χ0n) is 10.3. The quantitative estimate of drug-likeness (QED) is 0.913. The molecule has 1 heterocycles. The third-order valence-corrected chi connectivity index (χ3v) is 3.07. The van der Waals surface area contributed by atoms with Gasteiger partial charge in [0.2, 0.25) is 5.91 Å². The van der Waals surface area contributed by atoms with Gasteiger partial charge < -0.3 is 4.90 Å². The van der Waals surface area contributed by atoms with Crippen LogP contribution in [0.4, 0.5) is 13.2 Å². The van der Waals surface area contributed by atoms with Crippen molar-refractivity contribution in [3.63, 3.8) is 0 Å². The molecule has 0 aliphatic carbocycles. The Morgan fingerprint density at radius 2 is 1.95 bits per heavy atom. The standard InChI is InChI=1S/C13H15F3N2O/c14-13(15,16)7-4-8-18-9-17-11(12(18)19)10-5-2-1-3-6-10/h1-3,5-6,11,17H,4,7-9H2. The van der Waals surface area contributed by atoms with Gasteiger partial charge in [0.15, 0.2) is 0 Å². The van der Waals surface area contributed by atoms with Gasteiger partial charge >= 0.3 is 6.18 Å². The first kappa shape index (κ1) is 13.9. The maximum Gasteiger partial charge on any atom is 0.389 e. The topological polar surface area (TPSA) is 32.3 Å². The molecular weight excluding hydrogens is 257 g/mol. The number of nitrogens with one attached hydrogen (secondary N) is 1. The van der Waals surface area contributed by atoms with Gasteiger partial charge in [-0.15, -0.1) is 0 Å². The summed E-state index contributed by atoms with van der Waals surface area (Å²) in [7, 11) is 0. The molecule has 3 nitrogen and oxygen atoms in total. The van der Waals surface area contributed by atoms with Crippen LogP contribution in [-0.2, 0) is 4.79 Å². The smallest absolute Gasteiger partial charge is 0.328 e. The molecule has 1 saturated heterocycles. The number of hydrogen-bond acceptors (Lipinski definition) is 2. The van der Waals surface area contributed by atoms with Crippen molar-refractivity contribution in [2.75, 3.05) is 13.2 Å². The van der Waals surface area contributed by atoms with Crippen molar-refractivity contribution < 1.29 is 18.0 Å². The monoisotopic (exact) mass is 272 g/mol. The molecule has 6 heteroatoms. The fourth-order valence-electron chi connectivity index (χ4n) is 2.11. The van der Waals surface area contributed by atoms with E-state index in [0.29, 0.717) is 6.67 Å². The van der Waals surface area contributed by atoms with E-state index in [1.165, 1.54) is 4.90 Å². The van der Waals surface area contributed by atoms with Crippen LogP contribution < -0.4 is 5.32 Å². The first-order chi connectivity index (χ1) is 8.97. The molecule has 0 aromatic heterocycles. The Kier molecular flexibility index (Phi) is 4.09. The lowest BCUT2D eigenvalue weighted by atomic mass is 10.1. The van der Waals surface area contributed by atoms with Crippen LogP contribution in [0.25, 0.3) is 0 Å². The Morgan fingerprint density at radius 1 is 1.26 bits per heavy atom. The third kappa shape index (κ3) is 3.70. The summed E-state index contributed by atoms with van der Waals surface area (Å²) in [5, 5.41) is 3.02.